The molecular weight excluding hydrogens is 302 g/mol. The van der Waals surface area contributed by atoms with E-state index in [0.717, 1.165) is 24.0 Å². The smallest absolute Gasteiger partial charge is 0.396 e. The zero-order valence-electron chi connectivity index (χ0n) is 15.1. The summed E-state index contributed by atoms with van der Waals surface area (Å²) in [5.41, 5.74) is 2.12. The molecule has 1 rings (SSSR count). The van der Waals surface area contributed by atoms with E-state index in [-0.39, 0.29) is 0 Å². The molecule has 0 heterocycles. The molecule has 0 saturated heterocycles. The maximum atomic E-state index is 11.7. The summed E-state index contributed by atoms with van der Waals surface area (Å²) < 4.78 is 5.01. The molecule has 0 aliphatic carbocycles. The summed E-state index contributed by atoms with van der Waals surface area (Å²) in [4.78, 5) is 23.3. The van der Waals surface area contributed by atoms with E-state index in [0.29, 0.717) is 13.2 Å². The second-order valence-electron chi connectivity index (χ2n) is 6.28. The van der Waals surface area contributed by atoms with Crippen molar-refractivity contribution in [2.75, 3.05) is 6.61 Å². The minimum Gasteiger partial charge on any atom is -0.459 e. The highest BCUT2D eigenvalue weighted by atomic mass is 16.5. The van der Waals surface area contributed by atoms with Gasteiger partial charge in [0.05, 0.1) is 6.61 Å². The number of unbranched alkanes of at least 4 members (excludes halogenated alkanes) is 7. The highest BCUT2D eigenvalue weighted by Crippen LogP contribution is 2.08. The van der Waals surface area contributed by atoms with Gasteiger partial charge in [0, 0.05) is 6.54 Å². The van der Waals surface area contributed by atoms with Crippen molar-refractivity contribution in [2.45, 2.75) is 71.8 Å². The summed E-state index contributed by atoms with van der Waals surface area (Å²) in [6, 6.07) is 7.81. The normalized spacial score (nSPS) is 10.4. The molecule has 0 saturated carbocycles. The van der Waals surface area contributed by atoms with Gasteiger partial charge < -0.3 is 10.1 Å². The van der Waals surface area contributed by atoms with Crippen LogP contribution in [0.3, 0.4) is 0 Å². The van der Waals surface area contributed by atoms with Gasteiger partial charge in [0.25, 0.3) is 0 Å². The summed E-state index contributed by atoms with van der Waals surface area (Å²) in [5.74, 6) is -1.46. The fourth-order valence-corrected chi connectivity index (χ4v) is 2.43. The minimum atomic E-state index is -0.787. The molecule has 0 fully saturated rings. The van der Waals surface area contributed by atoms with Gasteiger partial charge in [-0.15, -0.1) is 0 Å². The van der Waals surface area contributed by atoms with Gasteiger partial charge >= 0.3 is 11.9 Å². The fraction of sp³-hybridized carbons (Fsp3) is 0.600. The molecule has 0 aliphatic heterocycles. The maximum Gasteiger partial charge on any atom is 0.396 e. The summed E-state index contributed by atoms with van der Waals surface area (Å²) in [6.07, 6.45) is 9.46. The number of ether oxygens (including phenoxy) is 1. The molecule has 4 heteroatoms. The Morgan fingerprint density at radius 3 is 2.12 bits per heavy atom. The molecule has 1 aromatic rings. The van der Waals surface area contributed by atoms with Crippen molar-refractivity contribution in [1.29, 1.82) is 0 Å². The van der Waals surface area contributed by atoms with Gasteiger partial charge in [-0.2, -0.15) is 0 Å². The Bertz CT molecular complexity index is 482. The van der Waals surface area contributed by atoms with Crippen LogP contribution in [0.4, 0.5) is 0 Å². The second kappa shape index (κ2) is 12.6. The van der Waals surface area contributed by atoms with E-state index in [4.69, 9.17) is 4.74 Å². The SMILES string of the molecule is CCCCCCCCCCOC(=O)C(=O)NCc1ccc(C)cc1. The van der Waals surface area contributed by atoms with E-state index >= 15 is 0 Å². The number of hydrogen-bond acceptors (Lipinski definition) is 3. The predicted molar refractivity (Wildman–Crippen MR) is 96.6 cm³/mol. The summed E-state index contributed by atoms with van der Waals surface area (Å²) >= 11 is 0. The molecule has 0 aliphatic rings. The highest BCUT2D eigenvalue weighted by molar-refractivity contribution is 6.32. The van der Waals surface area contributed by atoms with Gasteiger partial charge in [0.1, 0.15) is 0 Å². The Hall–Kier alpha value is -1.84. The number of rotatable bonds is 11. The molecule has 4 nitrogen and oxygen atoms in total. The molecule has 0 radical (unpaired) electrons. The molecule has 0 aromatic heterocycles. The number of amides is 1. The molecular formula is C20H31NO3. The first kappa shape index (κ1) is 20.2. The lowest BCUT2D eigenvalue weighted by molar-refractivity contribution is -0.155. The van der Waals surface area contributed by atoms with E-state index in [9.17, 15) is 9.59 Å². The summed E-state index contributed by atoms with van der Waals surface area (Å²) in [6.45, 7) is 4.88. The number of benzene rings is 1. The van der Waals surface area contributed by atoms with Gasteiger partial charge in [0.15, 0.2) is 0 Å². The van der Waals surface area contributed by atoms with Gasteiger partial charge in [0.2, 0.25) is 0 Å². The van der Waals surface area contributed by atoms with Crippen LogP contribution >= 0.6 is 0 Å². The molecule has 0 bridgehead atoms. The first-order valence-corrected chi connectivity index (χ1v) is 9.14. The van der Waals surface area contributed by atoms with Crippen LogP contribution in [0.1, 0.15) is 69.4 Å². The standard InChI is InChI=1S/C20H31NO3/c1-3-4-5-6-7-8-9-10-15-24-20(23)19(22)21-16-18-13-11-17(2)12-14-18/h11-14H,3-10,15-16H2,1-2H3,(H,21,22). The van der Waals surface area contributed by atoms with E-state index in [1.54, 1.807) is 0 Å². The summed E-state index contributed by atoms with van der Waals surface area (Å²) in [7, 11) is 0. The number of carbonyl (C=O) groups is 2. The first-order valence-electron chi connectivity index (χ1n) is 9.14. The third kappa shape index (κ3) is 9.33. The lowest BCUT2D eigenvalue weighted by atomic mass is 10.1. The van der Waals surface area contributed by atoms with Gasteiger partial charge in [-0.05, 0) is 18.9 Å². The van der Waals surface area contributed by atoms with Gasteiger partial charge in [-0.25, -0.2) is 4.79 Å². The van der Waals surface area contributed by atoms with E-state index in [1.807, 2.05) is 31.2 Å². The molecule has 134 valence electrons. The predicted octanol–water partition coefficient (Wildman–Crippen LogP) is 4.30. The average Bonchev–Trinajstić information content (AvgIpc) is 2.59. The molecule has 0 unspecified atom stereocenters. The topological polar surface area (TPSA) is 55.4 Å². The lowest BCUT2D eigenvalue weighted by Gasteiger charge is -2.06. The number of esters is 1. The van der Waals surface area contributed by atoms with Gasteiger partial charge in [-0.1, -0.05) is 81.7 Å². The number of carbonyl (C=O) groups excluding carboxylic acids is 2. The van der Waals surface area contributed by atoms with Crippen molar-refractivity contribution >= 4 is 11.9 Å². The maximum absolute atomic E-state index is 11.7. The van der Waals surface area contributed by atoms with E-state index < -0.39 is 11.9 Å². The number of hydrogen-bond donors (Lipinski definition) is 1. The zero-order valence-corrected chi connectivity index (χ0v) is 15.1. The van der Waals surface area contributed by atoms with Gasteiger partial charge in [-0.3, -0.25) is 4.79 Å². The Morgan fingerprint density at radius 1 is 0.917 bits per heavy atom. The van der Waals surface area contributed by atoms with Crippen LogP contribution in [-0.2, 0) is 20.9 Å². The van der Waals surface area contributed by atoms with Crippen molar-refractivity contribution in [3.63, 3.8) is 0 Å². The Kier molecular flexibility index (Phi) is 10.6. The molecule has 0 atom stereocenters. The van der Waals surface area contributed by atoms with Crippen molar-refractivity contribution in [3.8, 4) is 0 Å². The molecule has 1 N–H and O–H groups in total. The average molecular weight is 333 g/mol. The van der Waals surface area contributed by atoms with Crippen LogP contribution in [0.25, 0.3) is 0 Å². The third-order valence-electron chi connectivity index (χ3n) is 3.99. The van der Waals surface area contributed by atoms with Crippen LogP contribution in [0.5, 0.6) is 0 Å². The quantitative estimate of drug-likeness (QED) is 0.373. The van der Waals surface area contributed by atoms with E-state index in [1.165, 1.54) is 38.5 Å². The molecule has 0 spiro atoms. The van der Waals surface area contributed by atoms with Crippen LogP contribution in [-0.4, -0.2) is 18.5 Å². The fourth-order valence-electron chi connectivity index (χ4n) is 2.43. The van der Waals surface area contributed by atoms with Crippen molar-refractivity contribution in [3.05, 3.63) is 35.4 Å². The minimum absolute atomic E-state index is 0.325. The van der Waals surface area contributed by atoms with E-state index in [2.05, 4.69) is 12.2 Å². The monoisotopic (exact) mass is 333 g/mol. The Labute approximate surface area is 146 Å². The lowest BCUT2D eigenvalue weighted by Crippen LogP contribution is -2.32. The van der Waals surface area contributed by atoms with Crippen LogP contribution in [0.15, 0.2) is 24.3 Å². The van der Waals surface area contributed by atoms with Crippen LogP contribution in [0, 0.1) is 6.92 Å². The van der Waals surface area contributed by atoms with Crippen molar-refractivity contribution in [2.24, 2.45) is 0 Å². The number of aryl methyl sites for hydroxylation is 1. The summed E-state index contributed by atoms with van der Waals surface area (Å²) in [5, 5.41) is 2.59. The zero-order chi connectivity index (χ0) is 17.6. The Balaban J connectivity index is 2.03. The largest absolute Gasteiger partial charge is 0.459 e. The first-order chi connectivity index (χ1) is 11.6. The van der Waals surface area contributed by atoms with Crippen molar-refractivity contribution < 1.29 is 14.3 Å². The Morgan fingerprint density at radius 2 is 1.50 bits per heavy atom. The molecule has 24 heavy (non-hydrogen) atoms. The molecule has 1 aromatic carbocycles. The number of nitrogens with one attached hydrogen (secondary N) is 1. The third-order valence-corrected chi connectivity index (χ3v) is 3.99. The van der Waals surface area contributed by atoms with Crippen LogP contribution < -0.4 is 5.32 Å². The second-order valence-corrected chi connectivity index (χ2v) is 6.28. The van der Waals surface area contributed by atoms with Crippen LogP contribution in [0.2, 0.25) is 0 Å². The highest BCUT2D eigenvalue weighted by Gasteiger charge is 2.14. The van der Waals surface area contributed by atoms with Crippen molar-refractivity contribution in [1.82, 2.24) is 5.32 Å². The molecule has 1 amide bonds.